The minimum absolute atomic E-state index is 0.0849. The van der Waals surface area contributed by atoms with Crippen LogP contribution in [0.4, 0.5) is 0 Å². The predicted molar refractivity (Wildman–Crippen MR) is 127 cm³/mol. The average Bonchev–Trinajstić information content (AvgIpc) is 3.31. The fourth-order valence-electron chi connectivity index (χ4n) is 11.2. The van der Waals surface area contributed by atoms with E-state index in [9.17, 15) is 9.59 Å². The Morgan fingerprint density at radius 1 is 0.938 bits per heavy atom. The standard InChI is InChI=1S/C29H46O3/c1-19(8-7-17-30)21-11-13-27(6)23-10-9-22-25(3,4)24(32-20(2)31)12-14-28(22)18-29(23,28)16-15-26(21,27)5/h17,19,21-24H,7-16,18H2,1-6H3/t19-,21?,22?,23?,24+,26-,27+,28-,29+/m1/s1. The highest BCUT2D eigenvalue weighted by molar-refractivity contribution is 5.66. The molecule has 0 bridgehead atoms. The molecule has 3 heteroatoms. The lowest BCUT2D eigenvalue weighted by molar-refractivity contribution is -0.181. The molecule has 0 N–H and O–H groups in total. The van der Waals surface area contributed by atoms with Gasteiger partial charge in [-0.05, 0) is 110 Å². The van der Waals surface area contributed by atoms with E-state index in [-0.39, 0.29) is 17.5 Å². The summed E-state index contributed by atoms with van der Waals surface area (Å²) < 4.78 is 5.87. The van der Waals surface area contributed by atoms with E-state index in [0.29, 0.717) is 33.5 Å². The van der Waals surface area contributed by atoms with Gasteiger partial charge in [-0.25, -0.2) is 0 Å². The molecule has 0 heterocycles. The van der Waals surface area contributed by atoms with Gasteiger partial charge in [0.2, 0.25) is 0 Å². The highest BCUT2D eigenvalue weighted by Gasteiger charge is 2.82. The first-order valence-electron chi connectivity index (χ1n) is 13.6. The Kier molecular flexibility index (Phi) is 5.07. The van der Waals surface area contributed by atoms with Gasteiger partial charge >= 0.3 is 5.97 Å². The van der Waals surface area contributed by atoms with E-state index in [4.69, 9.17) is 4.74 Å². The Morgan fingerprint density at radius 3 is 2.31 bits per heavy atom. The fraction of sp³-hybridized carbons (Fsp3) is 0.931. The molecule has 0 aliphatic heterocycles. The largest absolute Gasteiger partial charge is 0.462 e. The number of esters is 1. The first kappa shape index (κ1) is 22.9. The maximum atomic E-state index is 11.8. The Bertz CT molecular complexity index is 802. The lowest BCUT2D eigenvalue weighted by atomic mass is 9.41. The van der Waals surface area contributed by atoms with E-state index >= 15 is 0 Å². The number of ether oxygens (including phenoxy) is 1. The molecule has 180 valence electrons. The average molecular weight is 443 g/mol. The van der Waals surface area contributed by atoms with Gasteiger partial charge < -0.3 is 9.53 Å². The van der Waals surface area contributed by atoms with Gasteiger partial charge in [0.05, 0.1) is 0 Å². The summed E-state index contributed by atoms with van der Waals surface area (Å²) in [6.45, 7) is 14.1. The topological polar surface area (TPSA) is 43.4 Å². The summed E-state index contributed by atoms with van der Waals surface area (Å²) in [6.07, 6.45) is 14.9. The van der Waals surface area contributed by atoms with Crippen LogP contribution in [0.5, 0.6) is 0 Å². The molecule has 0 radical (unpaired) electrons. The normalized spacial score (nSPS) is 51.4. The van der Waals surface area contributed by atoms with Gasteiger partial charge in [0.1, 0.15) is 12.4 Å². The van der Waals surface area contributed by atoms with Crippen LogP contribution in [-0.4, -0.2) is 18.4 Å². The van der Waals surface area contributed by atoms with Gasteiger partial charge in [0, 0.05) is 18.8 Å². The summed E-state index contributed by atoms with van der Waals surface area (Å²) in [6, 6.07) is 0. The Morgan fingerprint density at radius 2 is 1.62 bits per heavy atom. The summed E-state index contributed by atoms with van der Waals surface area (Å²) in [4.78, 5) is 22.8. The zero-order chi connectivity index (χ0) is 23.2. The van der Waals surface area contributed by atoms with Crippen molar-refractivity contribution >= 4 is 12.3 Å². The van der Waals surface area contributed by atoms with E-state index in [1.54, 1.807) is 6.92 Å². The van der Waals surface area contributed by atoms with Crippen molar-refractivity contribution in [2.24, 2.45) is 50.7 Å². The quantitative estimate of drug-likeness (QED) is 0.341. The molecule has 5 rings (SSSR count). The molecule has 32 heavy (non-hydrogen) atoms. The van der Waals surface area contributed by atoms with Gasteiger partial charge in [-0.3, -0.25) is 4.79 Å². The van der Waals surface area contributed by atoms with Crippen molar-refractivity contribution in [3.63, 3.8) is 0 Å². The zero-order valence-corrected chi connectivity index (χ0v) is 21.5. The number of hydrogen-bond acceptors (Lipinski definition) is 3. The number of aldehydes is 1. The smallest absolute Gasteiger partial charge is 0.302 e. The summed E-state index contributed by atoms with van der Waals surface area (Å²) in [7, 11) is 0. The molecule has 5 aliphatic rings. The van der Waals surface area contributed by atoms with Crippen molar-refractivity contribution in [1.29, 1.82) is 0 Å². The van der Waals surface area contributed by atoms with Crippen LogP contribution in [0.2, 0.25) is 0 Å². The van der Waals surface area contributed by atoms with Gasteiger partial charge in [-0.15, -0.1) is 0 Å². The number of hydrogen-bond donors (Lipinski definition) is 0. The zero-order valence-electron chi connectivity index (χ0n) is 21.5. The van der Waals surface area contributed by atoms with E-state index in [1.165, 1.54) is 51.4 Å². The molecule has 3 nitrogen and oxygen atoms in total. The number of rotatable bonds is 5. The third kappa shape index (κ3) is 2.66. The van der Waals surface area contributed by atoms with Gasteiger partial charge in [-0.1, -0.05) is 34.6 Å². The molecular formula is C29H46O3. The third-order valence-electron chi connectivity index (χ3n) is 12.8. The molecular weight excluding hydrogens is 396 g/mol. The fourth-order valence-corrected chi connectivity index (χ4v) is 11.2. The molecule has 9 atom stereocenters. The minimum atomic E-state index is -0.111. The van der Waals surface area contributed by atoms with Crippen LogP contribution in [0.3, 0.4) is 0 Å². The first-order chi connectivity index (χ1) is 15.0. The van der Waals surface area contributed by atoms with Gasteiger partial charge in [0.15, 0.2) is 0 Å². The van der Waals surface area contributed by atoms with Crippen molar-refractivity contribution in [1.82, 2.24) is 0 Å². The monoisotopic (exact) mass is 442 g/mol. The van der Waals surface area contributed by atoms with Crippen molar-refractivity contribution < 1.29 is 14.3 Å². The number of carbonyl (C=O) groups excluding carboxylic acids is 2. The second-order valence-corrected chi connectivity index (χ2v) is 13.8. The third-order valence-corrected chi connectivity index (χ3v) is 12.8. The molecule has 0 aromatic rings. The molecule has 2 spiro atoms. The summed E-state index contributed by atoms with van der Waals surface area (Å²) in [5.74, 6) is 2.87. The lowest BCUT2D eigenvalue weighted by Crippen LogP contribution is -2.58. The highest BCUT2D eigenvalue weighted by Crippen LogP contribution is 2.89. The van der Waals surface area contributed by atoms with Crippen LogP contribution in [0.15, 0.2) is 0 Å². The second kappa shape index (κ2) is 7.08. The van der Waals surface area contributed by atoms with Crippen LogP contribution >= 0.6 is 0 Å². The second-order valence-electron chi connectivity index (χ2n) is 13.8. The van der Waals surface area contributed by atoms with Crippen LogP contribution in [0.1, 0.15) is 112 Å². The lowest BCUT2D eigenvalue weighted by Gasteiger charge is -2.63. The molecule has 5 aliphatic carbocycles. The van der Waals surface area contributed by atoms with Crippen molar-refractivity contribution in [3.05, 3.63) is 0 Å². The Labute approximate surface area is 195 Å². The van der Waals surface area contributed by atoms with E-state index in [1.807, 2.05) is 0 Å². The van der Waals surface area contributed by atoms with E-state index in [0.717, 1.165) is 37.4 Å². The van der Waals surface area contributed by atoms with E-state index < -0.39 is 0 Å². The summed E-state index contributed by atoms with van der Waals surface area (Å²) in [5, 5.41) is 0. The van der Waals surface area contributed by atoms with Crippen LogP contribution < -0.4 is 0 Å². The Balaban J connectivity index is 1.43. The molecule has 0 aromatic carbocycles. The SMILES string of the molecule is CC(=O)O[C@H]1CC[C@]23C[C@]24CC[C@]2(C)C([C@H](C)CCC=O)CC[C@@]2(C)C4CCC3C1(C)C. The van der Waals surface area contributed by atoms with Crippen molar-refractivity contribution in [2.45, 2.75) is 118 Å². The summed E-state index contributed by atoms with van der Waals surface area (Å²) in [5.41, 5.74) is 2.00. The van der Waals surface area contributed by atoms with Gasteiger partial charge in [-0.2, -0.15) is 0 Å². The molecule has 5 saturated carbocycles. The molecule has 3 unspecified atom stereocenters. The minimum Gasteiger partial charge on any atom is -0.462 e. The first-order valence-corrected chi connectivity index (χ1v) is 13.6. The highest BCUT2D eigenvalue weighted by atomic mass is 16.5. The summed E-state index contributed by atoms with van der Waals surface area (Å²) >= 11 is 0. The Hall–Kier alpha value is -0.860. The predicted octanol–water partition coefficient (Wildman–Crippen LogP) is 6.97. The number of carbonyl (C=O) groups is 2. The molecule has 0 saturated heterocycles. The maximum Gasteiger partial charge on any atom is 0.302 e. The van der Waals surface area contributed by atoms with Crippen LogP contribution in [0.25, 0.3) is 0 Å². The van der Waals surface area contributed by atoms with Gasteiger partial charge in [0.25, 0.3) is 0 Å². The maximum absolute atomic E-state index is 11.8. The van der Waals surface area contributed by atoms with Crippen molar-refractivity contribution in [2.75, 3.05) is 0 Å². The number of fused-ring (bicyclic) bond motifs is 2. The van der Waals surface area contributed by atoms with Crippen LogP contribution in [-0.2, 0) is 14.3 Å². The van der Waals surface area contributed by atoms with Crippen LogP contribution in [0, 0.1) is 50.7 Å². The molecule has 5 fully saturated rings. The molecule has 0 aromatic heterocycles. The van der Waals surface area contributed by atoms with Crippen molar-refractivity contribution in [3.8, 4) is 0 Å². The van der Waals surface area contributed by atoms with E-state index in [2.05, 4.69) is 34.6 Å². The molecule has 0 amide bonds.